The summed E-state index contributed by atoms with van der Waals surface area (Å²) in [6.45, 7) is 5.00. The summed E-state index contributed by atoms with van der Waals surface area (Å²) in [5.74, 6) is -0.0563. The number of rotatable bonds is 7. The monoisotopic (exact) mass is 378 g/mol. The number of imidazole rings is 1. The smallest absolute Gasteiger partial charge is 0.167 e. The van der Waals surface area contributed by atoms with Gasteiger partial charge in [-0.25, -0.2) is 15.0 Å². The van der Waals surface area contributed by atoms with Crippen LogP contribution in [0.3, 0.4) is 0 Å². The highest BCUT2D eigenvalue weighted by Crippen LogP contribution is 2.43. The number of nitrogens with zero attached hydrogens (tertiary/aromatic N) is 4. The molecule has 2 fully saturated rings. The number of ether oxygens (including phenoxy) is 3. The lowest BCUT2D eigenvalue weighted by atomic mass is 10.1. The van der Waals surface area contributed by atoms with Crippen LogP contribution >= 0.6 is 0 Å². The van der Waals surface area contributed by atoms with E-state index in [1.165, 1.54) is 6.33 Å². The molecule has 27 heavy (non-hydrogen) atoms. The summed E-state index contributed by atoms with van der Waals surface area (Å²) < 4.78 is 19.8. The fourth-order valence-corrected chi connectivity index (χ4v) is 3.67. The number of unbranched alkanes of at least 4 members (excludes halogenated alkanes) is 1. The van der Waals surface area contributed by atoms with E-state index in [0.717, 1.165) is 19.4 Å². The van der Waals surface area contributed by atoms with Crippen molar-refractivity contribution >= 4 is 17.0 Å². The fraction of sp³-hybridized carbons (Fsp3) is 0.706. The van der Waals surface area contributed by atoms with Crippen molar-refractivity contribution < 1.29 is 19.3 Å². The Hall–Kier alpha value is -1.85. The molecule has 0 bridgehead atoms. The molecule has 0 aliphatic carbocycles. The van der Waals surface area contributed by atoms with Gasteiger partial charge in [0.25, 0.3) is 0 Å². The van der Waals surface area contributed by atoms with Crippen LogP contribution in [-0.2, 0) is 14.2 Å². The molecule has 2 saturated heterocycles. The average Bonchev–Trinajstić information content (AvgIpc) is 3.29. The van der Waals surface area contributed by atoms with Crippen molar-refractivity contribution in [3.8, 4) is 0 Å². The largest absolute Gasteiger partial charge is 0.394 e. The number of nitrogens with one attached hydrogen (secondary N) is 1. The van der Waals surface area contributed by atoms with E-state index < -0.39 is 18.1 Å². The first-order valence-electron chi connectivity index (χ1n) is 9.27. The van der Waals surface area contributed by atoms with Gasteiger partial charge in [-0.05, 0) is 33.2 Å². The van der Waals surface area contributed by atoms with E-state index in [1.807, 2.05) is 18.4 Å². The number of aliphatic hydroxyl groups excluding tert-OH is 1. The minimum absolute atomic E-state index is 0.146. The molecular formula is C17H26N6O4. The van der Waals surface area contributed by atoms with Crippen LogP contribution in [0.25, 0.3) is 11.2 Å². The molecule has 2 aliphatic heterocycles. The first-order chi connectivity index (χ1) is 13.0. The van der Waals surface area contributed by atoms with Gasteiger partial charge < -0.3 is 30.4 Å². The Morgan fingerprint density at radius 2 is 2.04 bits per heavy atom. The molecule has 2 aliphatic rings. The third kappa shape index (κ3) is 3.39. The summed E-state index contributed by atoms with van der Waals surface area (Å²) in [7, 11) is 0. The molecule has 2 aromatic rings. The van der Waals surface area contributed by atoms with E-state index in [9.17, 15) is 5.11 Å². The lowest BCUT2D eigenvalue weighted by Gasteiger charge is -2.24. The van der Waals surface area contributed by atoms with Crippen LogP contribution < -0.4 is 11.1 Å². The third-order valence-electron chi connectivity index (χ3n) is 4.86. The van der Waals surface area contributed by atoms with Crippen LogP contribution in [0.4, 0.5) is 5.82 Å². The summed E-state index contributed by atoms with van der Waals surface area (Å²) in [4.78, 5) is 13.2. The number of aromatic nitrogens is 4. The van der Waals surface area contributed by atoms with Crippen LogP contribution in [0.2, 0.25) is 0 Å². The van der Waals surface area contributed by atoms with Crippen LogP contribution in [-0.4, -0.2) is 68.4 Å². The molecule has 0 radical (unpaired) electrons. The average molecular weight is 378 g/mol. The lowest BCUT2D eigenvalue weighted by Crippen LogP contribution is -2.31. The van der Waals surface area contributed by atoms with Gasteiger partial charge in [-0.2, -0.15) is 0 Å². The number of hydrogen-bond donors (Lipinski definition) is 3. The predicted octanol–water partition coefficient (Wildman–Crippen LogP) is 0.387. The molecule has 148 valence electrons. The van der Waals surface area contributed by atoms with Gasteiger partial charge in [0.05, 0.1) is 12.9 Å². The zero-order valence-electron chi connectivity index (χ0n) is 15.5. The summed E-state index contributed by atoms with van der Waals surface area (Å²) >= 11 is 0. The second kappa shape index (κ2) is 7.28. The Kier molecular flexibility index (Phi) is 4.99. The Balaban J connectivity index is 1.61. The molecule has 0 aromatic carbocycles. The molecule has 10 heteroatoms. The maximum Gasteiger partial charge on any atom is 0.167 e. The zero-order chi connectivity index (χ0) is 19.0. The van der Waals surface area contributed by atoms with Crippen LogP contribution in [0.5, 0.6) is 0 Å². The summed E-state index contributed by atoms with van der Waals surface area (Å²) in [5, 5.41) is 13.0. The topological polar surface area (TPSA) is 130 Å². The molecular weight excluding hydrogens is 352 g/mol. The van der Waals surface area contributed by atoms with Gasteiger partial charge in [-0.3, -0.25) is 4.57 Å². The van der Waals surface area contributed by atoms with Gasteiger partial charge >= 0.3 is 0 Å². The van der Waals surface area contributed by atoms with Crippen molar-refractivity contribution in [2.24, 2.45) is 5.73 Å². The number of fused-ring (bicyclic) bond motifs is 2. The van der Waals surface area contributed by atoms with Crippen molar-refractivity contribution in [3.63, 3.8) is 0 Å². The van der Waals surface area contributed by atoms with E-state index in [0.29, 0.717) is 23.5 Å². The highest BCUT2D eigenvalue weighted by Gasteiger charge is 2.55. The van der Waals surface area contributed by atoms with E-state index in [-0.39, 0.29) is 18.8 Å². The first-order valence-corrected chi connectivity index (χ1v) is 9.27. The van der Waals surface area contributed by atoms with Gasteiger partial charge in [-0.1, -0.05) is 0 Å². The zero-order valence-corrected chi connectivity index (χ0v) is 15.5. The summed E-state index contributed by atoms with van der Waals surface area (Å²) in [6.07, 6.45) is 3.42. The fourth-order valence-electron chi connectivity index (χ4n) is 3.67. The Morgan fingerprint density at radius 1 is 1.22 bits per heavy atom. The Bertz CT molecular complexity index is 797. The third-order valence-corrected chi connectivity index (χ3v) is 4.86. The molecule has 3 unspecified atom stereocenters. The van der Waals surface area contributed by atoms with Crippen LogP contribution in [0.1, 0.15) is 32.9 Å². The molecule has 2 aromatic heterocycles. The SMILES string of the molecule is CC1(C)OC2C(O1)[C@@H](CO)OC2n1cnc2c(NCCCCN)ncnc21. The normalized spacial score (nSPS) is 29.3. The van der Waals surface area contributed by atoms with Gasteiger partial charge in [0.15, 0.2) is 29.0 Å². The number of aliphatic hydroxyl groups is 1. The Morgan fingerprint density at radius 3 is 2.81 bits per heavy atom. The minimum atomic E-state index is -0.730. The van der Waals surface area contributed by atoms with Crippen LogP contribution in [0, 0.1) is 0 Å². The van der Waals surface area contributed by atoms with Gasteiger partial charge in [0.2, 0.25) is 0 Å². The van der Waals surface area contributed by atoms with Crippen molar-refractivity contribution in [2.45, 2.75) is 57.0 Å². The van der Waals surface area contributed by atoms with Gasteiger partial charge in [0, 0.05) is 6.54 Å². The second-order valence-corrected chi connectivity index (χ2v) is 7.28. The minimum Gasteiger partial charge on any atom is -0.394 e. The second-order valence-electron chi connectivity index (χ2n) is 7.28. The van der Waals surface area contributed by atoms with Crippen LogP contribution in [0.15, 0.2) is 12.7 Å². The predicted molar refractivity (Wildman–Crippen MR) is 96.9 cm³/mol. The van der Waals surface area contributed by atoms with E-state index >= 15 is 0 Å². The van der Waals surface area contributed by atoms with Gasteiger partial charge in [-0.15, -0.1) is 0 Å². The number of anilines is 1. The molecule has 0 spiro atoms. The number of hydrogen-bond acceptors (Lipinski definition) is 9. The van der Waals surface area contributed by atoms with Crippen molar-refractivity contribution in [1.29, 1.82) is 0 Å². The standard InChI is InChI=1S/C17H26N6O4/c1-17(2)26-12-10(7-24)25-16(13(12)27-17)23-9-22-11-14(19-6-4-3-5-18)20-8-21-15(11)23/h8-10,12-13,16,24H,3-7,18H2,1-2H3,(H,19,20,21)/t10-,12?,13?,16?/m1/s1. The van der Waals surface area contributed by atoms with Crippen molar-refractivity contribution in [3.05, 3.63) is 12.7 Å². The highest BCUT2D eigenvalue weighted by atomic mass is 16.8. The Labute approximate surface area is 157 Å². The van der Waals surface area contributed by atoms with Crippen molar-refractivity contribution in [1.82, 2.24) is 19.5 Å². The molecule has 4 atom stereocenters. The lowest BCUT2D eigenvalue weighted by molar-refractivity contribution is -0.199. The van der Waals surface area contributed by atoms with E-state index in [2.05, 4.69) is 20.3 Å². The quantitative estimate of drug-likeness (QED) is 0.586. The summed E-state index contributed by atoms with van der Waals surface area (Å²) in [5.41, 5.74) is 6.84. The molecule has 0 amide bonds. The van der Waals surface area contributed by atoms with Crippen molar-refractivity contribution in [2.75, 3.05) is 25.0 Å². The highest BCUT2D eigenvalue weighted by molar-refractivity contribution is 5.82. The van der Waals surface area contributed by atoms with E-state index in [1.54, 1.807) is 6.33 Å². The number of nitrogens with two attached hydrogens (primary N) is 1. The molecule has 4 N–H and O–H groups in total. The molecule has 10 nitrogen and oxygen atoms in total. The van der Waals surface area contributed by atoms with Gasteiger partial charge in [0.1, 0.15) is 24.6 Å². The molecule has 0 saturated carbocycles. The molecule has 4 heterocycles. The first kappa shape index (κ1) is 18.5. The van der Waals surface area contributed by atoms with E-state index in [4.69, 9.17) is 19.9 Å². The summed E-state index contributed by atoms with van der Waals surface area (Å²) in [6, 6.07) is 0. The molecule has 4 rings (SSSR count). The maximum atomic E-state index is 9.67. The maximum absolute atomic E-state index is 9.67.